The van der Waals surface area contributed by atoms with Crippen molar-refractivity contribution in [2.45, 2.75) is 30.5 Å². The van der Waals surface area contributed by atoms with Crippen LogP contribution < -0.4 is 4.80 Å². The fraction of sp³-hybridized carbons (Fsp3) is 0.300. The first-order chi connectivity index (χ1) is 13.0. The zero-order chi connectivity index (χ0) is 19.4. The van der Waals surface area contributed by atoms with E-state index in [-0.39, 0.29) is 5.91 Å². The second kappa shape index (κ2) is 9.06. The number of ether oxygens (including phenoxy) is 1. The molecule has 0 unspecified atom stereocenters. The predicted octanol–water partition coefficient (Wildman–Crippen LogP) is 5.24. The van der Waals surface area contributed by atoms with Crippen molar-refractivity contribution < 1.29 is 9.53 Å². The molecule has 4 nitrogen and oxygen atoms in total. The Labute approximate surface area is 171 Å². The molecule has 0 radical (unpaired) electrons. The van der Waals surface area contributed by atoms with Crippen LogP contribution in [-0.2, 0) is 11.3 Å². The topological polar surface area (TPSA) is 43.6 Å². The molecule has 0 N–H and O–H groups in total. The summed E-state index contributed by atoms with van der Waals surface area (Å²) in [6.45, 7) is 5.42. The number of amides is 1. The Morgan fingerprint density at radius 3 is 2.85 bits per heavy atom. The van der Waals surface area contributed by atoms with Gasteiger partial charge >= 0.3 is 0 Å². The molecule has 2 aromatic carbocycles. The molecule has 0 saturated heterocycles. The number of rotatable bonds is 6. The van der Waals surface area contributed by atoms with E-state index in [9.17, 15) is 4.79 Å². The van der Waals surface area contributed by atoms with Gasteiger partial charge in [0, 0.05) is 34.4 Å². The monoisotopic (exact) mass is 420 g/mol. The Hall–Kier alpha value is -1.60. The third-order valence-corrected chi connectivity index (χ3v) is 6.09. The van der Waals surface area contributed by atoms with Crippen LogP contribution in [0, 0.1) is 0 Å². The van der Waals surface area contributed by atoms with E-state index in [1.165, 1.54) is 11.3 Å². The predicted molar refractivity (Wildman–Crippen MR) is 114 cm³/mol. The molecular weight excluding hydrogens is 400 g/mol. The van der Waals surface area contributed by atoms with Gasteiger partial charge in [0.25, 0.3) is 5.91 Å². The lowest BCUT2D eigenvalue weighted by Gasteiger charge is -2.06. The Kier molecular flexibility index (Phi) is 6.76. The highest BCUT2D eigenvalue weighted by atomic mass is 35.5. The van der Waals surface area contributed by atoms with Gasteiger partial charge in [0.1, 0.15) is 0 Å². The van der Waals surface area contributed by atoms with Crippen molar-refractivity contribution in [3.63, 3.8) is 0 Å². The number of benzene rings is 2. The summed E-state index contributed by atoms with van der Waals surface area (Å²) >= 11 is 9.30. The lowest BCUT2D eigenvalue weighted by atomic mass is 10.2. The van der Waals surface area contributed by atoms with Gasteiger partial charge in [-0.3, -0.25) is 4.79 Å². The number of aromatic nitrogens is 1. The average Bonchev–Trinajstić information content (AvgIpc) is 2.95. The van der Waals surface area contributed by atoms with Gasteiger partial charge in [-0.15, -0.1) is 11.8 Å². The van der Waals surface area contributed by atoms with E-state index in [2.05, 4.69) is 18.8 Å². The first kappa shape index (κ1) is 20.1. The summed E-state index contributed by atoms with van der Waals surface area (Å²) in [5.74, 6) is -0.245. The van der Waals surface area contributed by atoms with Gasteiger partial charge in [0.15, 0.2) is 4.80 Å². The van der Waals surface area contributed by atoms with Gasteiger partial charge in [-0.05, 0) is 36.4 Å². The molecule has 1 amide bonds. The normalized spacial score (nSPS) is 12.3. The van der Waals surface area contributed by atoms with E-state index < -0.39 is 0 Å². The molecule has 0 bridgehead atoms. The second-order valence-corrected chi connectivity index (χ2v) is 9.35. The van der Waals surface area contributed by atoms with Gasteiger partial charge in [0.05, 0.1) is 16.8 Å². The van der Waals surface area contributed by atoms with Gasteiger partial charge < -0.3 is 9.30 Å². The molecule has 142 valence electrons. The van der Waals surface area contributed by atoms with Crippen molar-refractivity contribution in [1.82, 2.24) is 4.57 Å². The van der Waals surface area contributed by atoms with E-state index >= 15 is 0 Å². The SMILES string of the molecule is COCCn1c(=NC(=O)c2cccc(SC(C)C)c2)sc2cc(Cl)ccc21. The van der Waals surface area contributed by atoms with Gasteiger partial charge in [-0.1, -0.05) is 42.9 Å². The average molecular weight is 421 g/mol. The Morgan fingerprint density at radius 1 is 1.30 bits per heavy atom. The summed E-state index contributed by atoms with van der Waals surface area (Å²) in [5.41, 5.74) is 1.59. The lowest BCUT2D eigenvalue weighted by Crippen LogP contribution is -2.19. The minimum absolute atomic E-state index is 0.245. The zero-order valence-corrected chi connectivity index (χ0v) is 17.8. The number of hydrogen-bond donors (Lipinski definition) is 0. The summed E-state index contributed by atoms with van der Waals surface area (Å²) in [7, 11) is 1.66. The molecule has 0 atom stereocenters. The standard InChI is InChI=1S/C20H21ClN2O2S2/c1-13(2)26-16-6-4-5-14(11-16)19(24)22-20-23(9-10-25-3)17-8-7-15(21)12-18(17)27-20/h4-8,11-13H,9-10H2,1-3H3. The molecule has 1 aromatic heterocycles. The number of nitrogens with zero attached hydrogens (tertiary/aromatic N) is 2. The fourth-order valence-corrected chi connectivity index (χ4v) is 4.88. The molecule has 3 rings (SSSR count). The highest BCUT2D eigenvalue weighted by molar-refractivity contribution is 7.99. The smallest absolute Gasteiger partial charge is 0.279 e. The number of thioether (sulfide) groups is 1. The number of hydrogen-bond acceptors (Lipinski definition) is 4. The first-order valence-corrected chi connectivity index (χ1v) is 10.7. The molecule has 1 heterocycles. The van der Waals surface area contributed by atoms with Gasteiger partial charge in [-0.2, -0.15) is 4.99 Å². The number of carbonyl (C=O) groups is 1. The number of fused-ring (bicyclic) bond motifs is 1. The summed E-state index contributed by atoms with van der Waals surface area (Å²) in [6.07, 6.45) is 0. The highest BCUT2D eigenvalue weighted by Gasteiger charge is 2.11. The number of thiazole rings is 1. The first-order valence-electron chi connectivity index (χ1n) is 8.61. The Bertz CT molecular complexity index is 1020. The van der Waals surface area contributed by atoms with Crippen LogP contribution in [0.3, 0.4) is 0 Å². The van der Waals surface area contributed by atoms with Crippen molar-refractivity contribution >= 4 is 50.8 Å². The quantitative estimate of drug-likeness (QED) is 0.512. The van der Waals surface area contributed by atoms with Crippen LogP contribution in [0.2, 0.25) is 5.02 Å². The highest BCUT2D eigenvalue weighted by Crippen LogP contribution is 2.24. The van der Waals surface area contributed by atoms with Crippen LogP contribution >= 0.6 is 34.7 Å². The molecule has 0 aliphatic heterocycles. The largest absolute Gasteiger partial charge is 0.383 e. The van der Waals surface area contributed by atoms with Crippen molar-refractivity contribution in [1.29, 1.82) is 0 Å². The zero-order valence-electron chi connectivity index (χ0n) is 15.4. The molecule has 0 aliphatic rings. The summed E-state index contributed by atoms with van der Waals surface area (Å²) in [5, 5.41) is 1.12. The van der Waals surface area contributed by atoms with Crippen molar-refractivity contribution in [2.24, 2.45) is 4.99 Å². The maximum Gasteiger partial charge on any atom is 0.279 e. The molecule has 0 aliphatic carbocycles. The molecule has 0 saturated carbocycles. The van der Waals surface area contributed by atoms with Crippen LogP contribution in [0.15, 0.2) is 52.4 Å². The minimum Gasteiger partial charge on any atom is -0.383 e. The lowest BCUT2D eigenvalue weighted by molar-refractivity contribution is 0.0997. The third-order valence-electron chi connectivity index (χ3n) is 3.81. The summed E-state index contributed by atoms with van der Waals surface area (Å²) < 4.78 is 8.21. The number of carbonyl (C=O) groups excluding carboxylic acids is 1. The Balaban J connectivity index is 2.02. The van der Waals surface area contributed by atoms with E-state index in [0.717, 1.165) is 15.1 Å². The third kappa shape index (κ3) is 5.02. The van der Waals surface area contributed by atoms with Gasteiger partial charge in [-0.25, -0.2) is 0 Å². The van der Waals surface area contributed by atoms with Crippen LogP contribution in [-0.4, -0.2) is 29.4 Å². The van der Waals surface area contributed by atoms with E-state index in [4.69, 9.17) is 16.3 Å². The maximum atomic E-state index is 12.8. The van der Waals surface area contributed by atoms with Crippen molar-refractivity contribution in [3.05, 3.63) is 57.9 Å². The van der Waals surface area contributed by atoms with E-state index in [1.807, 2.05) is 41.0 Å². The van der Waals surface area contributed by atoms with Crippen molar-refractivity contribution in [3.8, 4) is 0 Å². The fourth-order valence-electron chi connectivity index (χ4n) is 2.66. The summed E-state index contributed by atoms with van der Waals surface area (Å²) in [4.78, 5) is 18.9. The molecule has 27 heavy (non-hydrogen) atoms. The van der Waals surface area contributed by atoms with Gasteiger partial charge in [0.2, 0.25) is 0 Å². The molecular formula is C20H21ClN2O2S2. The molecule has 3 aromatic rings. The van der Waals surface area contributed by atoms with Crippen molar-refractivity contribution in [2.75, 3.05) is 13.7 Å². The minimum atomic E-state index is -0.245. The summed E-state index contributed by atoms with van der Waals surface area (Å²) in [6, 6.07) is 13.3. The molecule has 0 fully saturated rings. The van der Waals surface area contributed by atoms with Crippen LogP contribution in [0.25, 0.3) is 10.2 Å². The van der Waals surface area contributed by atoms with Crippen LogP contribution in [0.1, 0.15) is 24.2 Å². The maximum absolute atomic E-state index is 12.8. The Morgan fingerprint density at radius 2 is 2.11 bits per heavy atom. The number of halogens is 1. The molecule has 7 heteroatoms. The second-order valence-electron chi connectivity index (χ2n) is 6.25. The van der Waals surface area contributed by atoms with Crippen LogP contribution in [0.5, 0.6) is 0 Å². The van der Waals surface area contributed by atoms with E-state index in [1.54, 1.807) is 24.9 Å². The number of methoxy groups -OCH3 is 1. The van der Waals surface area contributed by atoms with Crippen LogP contribution in [0.4, 0.5) is 0 Å². The molecule has 0 spiro atoms. The van der Waals surface area contributed by atoms with E-state index in [0.29, 0.717) is 33.8 Å².